The lowest BCUT2D eigenvalue weighted by Crippen LogP contribution is -2.59. The highest BCUT2D eigenvalue weighted by Gasteiger charge is 2.80. The maximum Gasteiger partial charge on any atom is 0.217 e. The van der Waals surface area contributed by atoms with Gasteiger partial charge in [-0.15, -0.1) is 0 Å². The first-order valence-electron chi connectivity index (χ1n) is 11.5. The summed E-state index contributed by atoms with van der Waals surface area (Å²) < 4.78 is 18.4. The van der Waals surface area contributed by atoms with E-state index in [9.17, 15) is 15.8 Å². The average Bonchev–Trinajstić information content (AvgIpc) is 3.00. The van der Waals surface area contributed by atoms with Crippen molar-refractivity contribution in [2.45, 2.75) is 50.6 Å². The van der Waals surface area contributed by atoms with E-state index in [-0.39, 0.29) is 5.90 Å². The fraction of sp³-hybridized carbons (Fsp3) is 0.407. The Labute approximate surface area is 198 Å². The van der Waals surface area contributed by atoms with Gasteiger partial charge in [-0.1, -0.05) is 55.3 Å². The molecule has 0 amide bonds. The Kier molecular flexibility index (Phi) is 5.28. The molecule has 2 aromatic rings. The summed E-state index contributed by atoms with van der Waals surface area (Å²) in [5.74, 6) is -1.40. The lowest BCUT2D eigenvalue weighted by Gasteiger charge is -2.49. The maximum atomic E-state index is 10.4. The number of benzene rings is 2. The van der Waals surface area contributed by atoms with Gasteiger partial charge in [0, 0.05) is 6.42 Å². The zero-order valence-corrected chi connectivity index (χ0v) is 18.7. The smallest absolute Gasteiger partial charge is 0.217 e. The zero-order chi connectivity index (χ0) is 23.8. The van der Waals surface area contributed by atoms with Crippen molar-refractivity contribution in [2.75, 3.05) is 0 Å². The number of ether oxygens (including phenoxy) is 3. The van der Waals surface area contributed by atoms with Gasteiger partial charge in [0.2, 0.25) is 17.1 Å². The van der Waals surface area contributed by atoms with Crippen molar-refractivity contribution in [3.05, 3.63) is 65.7 Å². The standard InChI is InChI=1S/C27H24N4O3/c28-16-25(17-29)23(20-10-12-21(13-11-20)32-15-19-7-3-1-4-8-19)33-27-14-6-2-5-9-22(27)26(25,18-30)24(31)34-27/h1,3-4,7-8,10-13,22-23,31H,2,5-6,9,14-15H2. The van der Waals surface area contributed by atoms with Gasteiger partial charge in [0.25, 0.3) is 0 Å². The summed E-state index contributed by atoms with van der Waals surface area (Å²) in [5.41, 5.74) is -1.99. The summed E-state index contributed by atoms with van der Waals surface area (Å²) in [6, 6.07) is 23.3. The minimum atomic E-state index is -1.92. The van der Waals surface area contributed by atoms with E-state index in [2.05, 4.69) is 18.2 Å². The minimum absolute atomic E-state index is 0.324. The Morgan fingerprint density at radius 2 is 1.68 bits per heavy atom. The van der Waals surface area contributed by atoms with Crippen molar-refractivity contribution in [3.8, 4) is 24.0 Å². The molecule has 2 heterocycles. The molecular formula is C27H24N4O3. The fourth-order valence-electron chi connectivity index (χ4n) is 5.82. The molecule has 5 rings (SSSR count). The highest BCUT2D eigenvalue weighted by atomic mass is 16.7. The second-order valence-corrected chi connectivity index (χ2v) is 9.19. The number of nitriles is 3. The van der Waals surface area contributed by atoms with Gasteiger partial charge >= 0.3 is 0 Å². The number of nitrogens with one attached hydrogen (secondary N) is 1. The van der Waals surface area contributed by atoms with E-state index >= 15 is 0 Å². The molecule has 2 aromatic carbocycles. The van der Waals surface area contributed by atoms with Crippen LogP contribution in [0.4, 0.5) is 0 Å². The number of nitrogens with zero attached hydrogens (tertiary/aromatic N) is 3. The molecule has 1 N–H and O–H groups in total. The average molecular weight is 453 g/mol. The molecule has 34 heavy (non-hydrogen) atoms. The highest BCUT2D eigenvalue weighted by molar-refractivity contribution is 5.89. The Balaban J connectivity index is 1.52. The van der Waals surface area contributed by atoms with Crippen LogP contribution < -0.4 is 4.74 Å². The van der Waals surface area contributed by atoms with E-state index in [1.807, 2.05) is 30.3 Å². The third-order valence-electron chi connectivity index (χ3n) is 7.50. The molecule has 0 spiro atoms. The minimum Gasteiger partial charge on any atom is -0.489 e. The van der Waals surface area contributed by atoms with Crippen LogP contribution in [0.3, 0.4) is 0 Å². The van der Waals surface area contributed by atoms with Gasteiger partial charge in [0.15, 0.2) is 5.41 Å². The second kappa shape index (κ2) is 8.17. The van der Waals surface area contributed by atoms with Crippen molar-refractivity contribution >= 4 is 5.90 Å². The van der Waals surface area contributed by atoms with Crippen molar-refractivity contribution < 1.29 is 14.2 Å². The van der Waals surface area contributed by atoms with Gasteiger partial charge < -0.3 is 14.2 Å². The second-order valence-electron chi connectivity index (χ2n) is 9.19. The molecule has 1 saturated carbocycles. The maximum absolute atomic E-state index is 10.4. The summed E-state index contributed by atoms with van der Waals surface area (Å²) in [5, 5.41) is 39.7. The molecule has 4 atom stereocenters. The summed E-state index contributed by atoms with van der Waals surface area (Å²) in [7, 11) is 0. The Morgan fingerprint density at radius 3 is 2.35 bits per heavy atom. The van der Waals surface area contributed by atoms with Crippen LogP contribution in [-0.4, -0.2) is 11.7 Å². The van der Waals surface area contributed by atoms with E-state index < -0.39 is 28.6 Å². The molecule has 0 aromatic heterocycles. The van der Waals surface area contributed by atoms with Crippen molar-refractivity contribution in [3.63, 3.8) is 0 Å². The van der Waals surface area contributed by atoms with Crippen LogP contribution in [-0.2, 0) is 16.1 Å². The third kappa shape index (κ3) is 2.93. The van der Waals surface area contributed by atoms with Gasteiger partial charge in [-0.3, -0.25) is 5.41 Å². The van der Waals surface area contributed by atoms with E-state index in [1.165, 1.54) is 0 Å². The zero-order valence-electron chi connectivity index (χ0n) is 18.7. The van der Waals surface area contributed by atoms with Crippen LogP contribution in [0.1, 0.15) is 49.3 Å². The van der Waals surface area contributed by atoms with Gasteiger partial charge in [-0.25, -0.2) is 0 Å². The van der Waals surface area contributed by atoms with Crippen LogP contribution in [0, 0.1) is 56.2 Å². The van der Waals surface area contributed by atoms with Crippen molar-refractivity contribution in [1.82, 2.24) is 0 Å². The molecule has 1 aliphatic carbocycles. The van der Waals surface area contributed by atoms with Gasteiger partial charge in [-0.2, -0.15) is 15.8 Å². The Hall–Kier alpha value is -3.86. The number of rotatable bonds is 4. The lowest BCUT2D eigenvalue weighted by molar-refractivity contribution is -0.284. The van der Waals surface area contributed by atoms with Gasteiger partial charge in [0.05, 0.1) is 24.1 Å². The molecular weight excluding hydrogens is 428 g/mol. The van der Waals surface area contributed by atoms with Crippen LogP contribution in [0.15, 0.2) is 54.6 Å². The van der Waals surface area contributed by atoms with Gasteiger partial charge in [0.1, 0.15) is 18.5 Å². The summed E-state index contributed by atoms with van der Waals surface area (Å²) in [4.78, 5) is 0. The number of hydrogen-bond donors (Lipinski definition) is 1. The predicted molar refractivity (Wildman–Crippen MR) is 121 cm³/mol. The molecule has 7 nitrogen and oxygen atoms in total. The van der Waals surface area contributed by atoms with Crippen LogP contribution in [0.25, 0.3) is 0 Å². The van der Waals surface area contributed by atoms with Crippen molar-refractivity contribution in [2.24, 2.45) is 16.7 Å². The molecule has 3 fully saturated rings. The fourth-order valence-corrected chi connectivity index (χ4v) is 5.82. The van der Waals surface area contributed by atoms with E-state index in [0.29, 0.717) is 30.8 Å². The van der Waals surface area contributed by atoms with E-state index in [0.717, 1.165) is 24.8 Å². The quantitative estimate of drug-likeness (QED) is 0.683. The normalized spacial score (nSPS) is 31.0. The molecule has 2 aliphatic heterocycles. The molecule has 4 unspecified atom stereocenters. The van der Waals surface area contributed by atoms with Crippen LogP contribution >= 0.6 is 0 Å². The first kappa shape index (κ1) is 22.0. The molecule has 0 radical (unpaired) electrons. The molecule has 170 valence electrons. The molecule has 7 heteroatoms. The van der Waals surface area contributed by atoms with Crippen LogP contribution in [0.2, 0.25) is 0 Å². The highest BCUT2D eigenvalue weighted by Crippen LogP contribution is 2.69. The first-order valence-corrected chi connectivity index (χ1v) is 11.5. The largest absolute Gasteiger partial charge is 0.489 e. The first-order chi connectivity index (χ1) is 16.5. The topological polar surface area (TPSA) is 123 Å². The Morgan fingerprint density at radius 1 is 0.941 bits per heavy atom. The predicted octanol–water partition coefficient (Wildman–Crippen LogP) is 5.16. The molecule has 2 bridgehead atoms. The van der Waals surface area contributed by atoms with Gasteiger partial charge in [-0.05, 0) is 36.1 Å². The van der Waals surface area contributed by atoms with E-state index in [1.54, 1.807) is 24.3 Å². The summed E-state index contributed by atoms with van der Waals surface area (Å²) in [6.45, 7) is 0.410. The Bertz CT molecular complexity index is 1210. The third-order valence-corrected chi connectivity index (χ3v) is 7.50. The molecule has 2 saturated heterocycles. The monoisotopic (exact) mass is 452 g/mol. The van der Waals surface area contributed by atoms with E-state index in [4.69, 9.17) is 19.6 Å². The summed E-state index contributed by atoms with van der Waals surface area (Å²) >= 11 is 0. The summed E-state index contributed by atoms with van der Waals surface area (Å²) in [6.07, 6.45) is 2.66. The van der Waals surface area contributed by atoms with Crippen LogP contribution in [0.5, 0.6) is 5.75 Å². The number of hydrogen-bond acceptors (Lipinski definition) is 7. The SMILES string of the molecule is N#CC1(C#N)C(c2ccc(OCc3ccccc3)cc2)OC23CCCCCC2C1(C#N)C(=N)O3. The van der Waals surface area contributed by atoms with Crippen molar-refractivity contribution in [1.29, 1.82) is 21.2 Å². The molecule has 3 aliphatic rings. The lowest BCUT2D eigenvalue weighted by atomic mass is 9.52.